The Bertz CT molecular complexity index is 582. The molecule has 1 aromatic carbocycles. The highest BCUT2D eigenvalue weighted by molar-refractivity contribution is 6.43. The molecule has 0 amide bonds. The second kappa shape index (κ2) is 4.78. The second-order valence-electron chi connectivity index (χ2n) is 3.50. The third-order valence-electron chi connectivity index (χ3n) is 2.32. The molecule has 2 aromatic rings. The normalized spacial score (nSPS) is 11.6. The summed E-state index contributed by atoms with van der Waals surface area (Å²) in [4.78, 5) is 3.75. The Labute approximate surface area is 111 Å². The van der Waals surface area contributed by atoms with Gasteiger partial charge in [0.15, 0.2) is 0 Å². The van der Waals surface area contributed by atoms with Gasteiger partial charge in [-0.15, -0.1) is 0 Å². The number of benzene rings is 1. The Morgan fingerprint density at radius 3 is 2.39 bits per heavy atom. The number of rotatable bonds is 1. The van der Waals surface area contributed by atoms with Crippen molar-refractivity contribution in [2.45, 2.75) is 6.18 Å². The Kier molecular flexibility index (Phi) is 3.50. The van der Waals surface area contributed by atoms with Gasteiger partial charge >= 0.3 is 6.18 Å². The molecule has 2 rings (SSSR count). The van der Waals surface area contributed by atoms with Crippen LogP contribution in [0.4, 0.5) is 13.2 Å². The van der Waals surface area contributed by atoms with Crippen LogP contribution in [-0.4, -0.2) is 4.98 Å². The Hall–Kier alpha value is -1.26. The third kappa shape index (κ3) is 2.44. The van der Waals surface area contributed by atoms with Crippen LogP contribution in [0.2, 0.25) is 10.0 Å². The number of alkyl halides is 3. The lowest BCUT2D eigenvalue weighted by Crippen LogP contribution is -2.08. The third-order valence-corrected chi connectivity index (χ3v) is 3.14. The number of nitrogens with zero attached hydrogens (tertiary/aromatic N) is 1. The van der Waals surface area contributed by atoms with E-state index in [1.54, 1.807) is 0 Å². The van der Waals surface area contributed by atoms with Crippen LogP contribution in [-0.2, 0) is 6.18 Å². The lowest BCUT2D eigenvalue weighted by Gasteiger charge is -2.13. The van der Waals surface area contributed by atoms with Crippen molar-refractivity contribution in [3.63, 3.8) is 0 Å². The van der Waals surface area contributed by atoms with Crippen LogP contribution < -0.4 is 0 Å². The van der Waals surface area contributed by atoms with E-state index in [0.29, 0.717) is 0 Å². The average molecular weight is 292 g/mol. The summed E-state index contributed by atoms with van der Waals surface area (Å²) in [6, 6.07) is 6.66. The van der Waals surface area contributed by atoms with E-state index in [0.717, 1.165) is 6.07 Å². The van der Waals surface area contributed by atoms with E-state index >= 15 is 0 Å². The zero-order chi connectivity index (χ0) is 13.3. The van der Waals surface area contributed by atoms with Crippen molar-refractivity contribution in [3.8, 4) is 11.3 Å². The largest absolute Gasteiger partial charge is 0.418 e. The summed E-state index contributed by atoms with van der Waals surface area (Å²) < 4.78 is 38.6. The van der Waals surface area contributed by atoms with E-state index in [1.807, 2.05) is 0 Å². The van der Waals surface area contributed by atoms with E-state index < -0.39 is 11.7 Å². The molecule has 6 heteroatoms. The first-order chi connectivity index (χ1) is 8.41. The summed E-state index contributed by atoms with van der Waals surface area (Å²) in [5, 5.41) is 0.247. The van der Waals surface area contributed by atoms with Gasteiger partial charge in [0.1, 0.15) is 0 Å². The number of aromatic nitrogens is 1. The minimum Gasteiger partial charge on any atom is -0.256 e. The van der Waals surface area contributed by atoms with Crippen LogP contribution in [0.5, 0.6) is 0 Å². The van der Waals surface area contributed by atoms with E-state index in [2.05, 4.69) is 4.98 Å². The molecule has 0 fully saturated rings. The molecule has 0 bridgehead atoms. The highest BCUT2D eigenvalue weighted by atomic mass is 35.5. The van der Waals surface area contributed by atoms with Crippen molar-refractivity contribution in [1.29, 1.82) is 0 Å². The molecule has 0 aliphatic heterocycles. The van der Waals surface area contributed by atoms with Crippen LogP contribution in [0.25, 0.3) is 11.3 Å². The van der Waals surface area contributed by atoms with Gasteiger partial charge in [0.25, 0.3) is 0 Å². The van der Waals surface area contributed by atoms with Gasteiger partial charge in [0.05, 0.1) is 21.3 Å². The lowest BCUT2D eigenvalue weighted by molar-refractivity contribution is -0.137. The van der Waals surface area contributed by atoms with Crippen LogP contribution in [0.1, 0.15) is 5.56 Å². The topological polar surface area (TPSA) is 12.9 Å². The summed E-state index contributed by atoms with van der Waals surface area (Å²) in [5.41, 5.74) is -0.899. The second-order valence-corrected chi connectivity index (χ2v) is 4.28. The Balaban J connectivity index is 2.69. The molecule has 0 atom stereocenters. The fraction of sp³-hybridized carbons (Fsp3) is 0.0833. The fourth-order valence-electron chi connectivity index (χ4n) is 1.54. The summed E-state index contributed by atoms with van der Waals surface area (Å²) in [6.45, 7) is 0. The van der Waals surface area contributed by atoms with Crippen LogP contribution in [0.15, 0.2) is 36.5 Å². The minimum atomic E-state index is -4.49. The molecule has 1 aromatic heterocycles. The van der Waals surface area contributed by atoms with Gasteiger partial charge in [0.2, 0.25) is 0 Å². The van der Waals surface area contributed by atoms with Crippen molar-refractivity contribution in [3.05, 3.63) is 52.1 Å². The maximum Gasteiger partial charge on any atom is 0.418 e. The average Bonchev–Trinajstić information content (AvgIpc) is 2.32. The smallest absolute Gasteiger partial charge is 0.256 e. The van der Waals surface area contributed by atoms with Crippen molar-refractivity contribution in [1.82, 2.24) is 4.98 Å². The standard InChI is InChI=1S/C12H6Cl2F3N/c13-9-5-1-3-7(10(9)14)11-8(12(15,16)17)4-2-6-18-11/h1-6H. The first-order valence-corrected chi connectivity index (χ1v) is 5.63. The van der Waals surface area contributed by atoms with Crippen LogP contribution in [0.3, 0.4) is 0 Å². The van der Waals surface area contributed by atoms with Gasteiger partial charge in [-0.3, -0.25) is 4.98 Å². The molecular weight excluding hydrogens is 286 g/mol. The summed E-state index contributed by atoms with van der Waals surface area (Å²) in [7, 11) is 0. The first kappa shape index (κ1) is 13.2. The molecule has 0 aliphatic carbocycles. The molecule has 1 nitrogen and oxygen atoms in total. The van der Waals surface area contributed by atoms with Gasteiger partial charge in [-0.05, 0) is 18.2 Å². The number of hydrogen-bond acceptors (Lipinski definition) is 1. The van der Waals surface area contributed by atoms with Crippen molar-refractivity contribution >= 4 is 23.2 Å². The summed E-state index contributed by atoms with van der Waals surface area (Å²) >= 11 is 11.7. The minimum absolute atomic E-state index is 0.0587. The summed E-state index contributed by atoms with van der Waals surface area (Å²) in [5.74, 6) is 0. The molecule has 0 aliphatic rings. The molecule has 0 saturated carbocycles. The Morgan fingerprint density at radius 2 is 1.72 bits per heavy atom. The number of pyridine rings is 1. The van der Waals surface area contributed by atoms with Gasteiger partial charge in [-0.2, -0.15) is 13.2 Å². The highest BCUT2D eigenvalue weighted by Crippen LogP contribution is 2.39. The monoisotopic (exact) mass is 291 g/mol. The highest BCUT2D eigenvalue weighted by Gasteiger charge is 2.34. The molecule has 18 heavy (non-hydrogen) atoms. The van der Waals surface area contributed by atoms with E-state index in [-0.39, 0.29) is 21.3 Å². The van der Waals surface area contributed by atoms with Crippen LogP contribution in [0, 0.1) is 0 Å². The molecule has 0 unspecified atom stereocenters. The predicted molar refractivity (Wildman–Crippen MR) is 64.7 cm³/mol. The molecular formula is C12H6Cl2F3N. The predicted octanol–water partition coefficient (Wildman–Crippen LogP) is 5.07. The molecule has 1 heterocycles. The van der Waals surface area contributed by atoms with Gasteiger partial charge in [-0.1, -0.05) is 35.3 Å². The van der Waals surface area contributed by atoms with Gasteiger partial charge < -0.3 is 0 Å². The zero-order valence-electron chi connectivity index (χ0n) is 8.80. The summed E-state index contributed by atoms with van der Waals surface area (Å²) in [6.07, 6.45) is -3.21. The van der Waals surface area contributed by atoms with E-state index in [9.17, 15) is 13.2 Å². The van der Waals surface area contributed by atoms with Gasteiger partial charge in [-0.25, -0.2) is 0 Å². The maximum atomic E-state index is 12.9. The van der Waals surface area contributed by atoms with Crippen LogP contribution >= 0.6 is 23.2 Å². The fourth-order valence-corrected chi connectivity index (χ4v) is 1.93. The molecule has 0 saturated heterocycles. The van der Waals surface area contributed by atoms with Crippen molar-refractivity contribution in [2.24, 2.45) is 0 Å². The first-order valence-electron chi connectivity index (χ1n) is 4.88. The lowest BCUT2D eigenvalue weighted by atomic mass is 10.1. The van der Waals surface area contributed by atoms with Gasteiger partial charge in [0, 0.05) is 11.8 Å². The van der Waals surface area contributed by atoms with Crippen molar-refractivity contribution < 1.29 is 13.2 Å². The van der Waals surface area contributed by atoms with E-state index in [1.165, 1.54) is 30.5 Å². The Morgan fingerprint density at radius 1 is 1.00 bits per heavy atom. The van der Waals surface area contributed by atoms with Crippen molar-refractivity contribution in [2.75, 3.05) is 0 Å². The molecule has 0 radical (unpaired) electrons. The molecule has 94 valence electrons. The van der Waals surface area contributed by atoms with E-state index in [4.69, 9.17) is 23.2 Å². The molecule has 0 spiro atoms. The SMILES string of the molecule is FC(F)(F)c1cccnc1-c1cccc(Cl)c1Cl. The quantitative estimate of drug-likeness (QED) is 0.714. The maximum absolute atomic E-state index is 12.9. The number of halogens is 5. The zero-order valence-corrected chi connectivity index (χ0v) is 10.3. The molecule has 0 N–H and O–H groups in total. The number of hydrogen-bond donors (Lipinski definition) is 0.